The molecular weight excluding hydrogens is 314 g/mol. The highest BCUT2D eigenvalue weighted by Crippen LogP contribution is 2.37. The highest BCUT2D eigenvalue weighted by Gasteiger charge is 2.17. The monoisotopic (exact) mass is 327 g/mol. The van der Waals surface area contributed by atoms with Crippen LogP contribution in [0.1, 0.15) is 5.69 Å². The van der Waals surface area contributed by atoms with E-state index in [4.69, 9.17) is 4.74 Å². The van der Waals surface area contributed by atoms with Gasteiger partial charge in [0.1, 0.15) is 11.8 Å². The molecular formula is C19H13N5O. The van der Waals surface area contributed by atoms with Crippen molar-refractivity contribution in [3.05, 3.63) is 66.6 Å². The summed E-state index contributed by atoms with van der Waals surface area (Å²) in [7, 11) is 1.61. The molecule has 0 bridgehead atoms. The summed E-state index contributed by atoms with van der Waals surface area (Å²) in [5.74, 6) is 0.658. The molecule has 120 valence electrons. The Labute approximate surface area is 143 Å². The molecule has 0 aliphatic carbocycles. The fourth-order valence-corrected chi connectivity index (χ4v) is 2.86. The van der Waals surface area contributed by atoms with E-state index in [1.165, 1.54) is 0 Å². The second-order valence-corrected chi connectivity index (χ2v) is 5.39. The summed E-state index contributed by atoms with van der Waals surface area (Å²) in [6.45, 7) is 0. The van der Waals surface area contributed by atoms with Gasteiger partial charge in [0, 0.05) is 28.9 Å². The molecule has 0 atom stereocenters. The molecule has 0 N–H and O–H groups in total. The van der Waals surface area contributed by atoms with Gasteiger partial charge < -0.3 is 4.74 Å². The van der Waals surface area contributed by atoms with Crippen molar-refractivity contribution in [1.29, 1.82) is 5.26 Å². The van der Waals surface area contributed by atoms with Crippen LogP contribution in [-0.4, -0.2) is 27.1 Å². The Balaban J connectivity index is 2.06. The number of rotatable bonds is 3. The molecule has 6 heteroatoms. The fraction of sp³-hybridized carbons (Fsp3) is 0.0526. The number of fused-ring (bicyclic) bond motifs is 1. The quantitative estimate of drug-likeness (QED) is 0.576. The number of aromatic nitrogens is 4. The third kappa shape index (κ3) is 2.48. The number of hydrogen-bond donors (Lipinski definition) is 0. The minimum absolute atomic E-state index is 0.259. The number of ether oxygens (including phenoxy) is 1. The van der Waals surface area contributed by atoms with Gasteiger partial charge in [0.2, 0.25) is 0 Å². The molecule has 0 saturated heterocycles. The molecule has 0 spiro atoms. The van der Waals surface area contributed by atoms with E-state index in [9.17, 15) is 5.26 Å². The molecule has 0 aliphatic rings. The van der Waals surface area contributed by atoms with Crippen LogP contribution >= 0.6 is 0 Å². The van der Waals surface area contributed by atoms with Crippen LogP contribution in [0.15, 0.2) is 60.9 Å². The molecule has 2 aromatic heterocycles. The predicted octanol–water partition coefficient (Wildman–Crippen LogP) is 3.36. The molecule has 0 radical (unpaired) electrons. The summed E-state index contributed by atoms with van der Waals surface area (Å²) in [6, 6.07) is 17.3. The van der Waals surface area contributed by atoms with Gasteiger partial charge in [-0.15, -0.1) is 10.2 Å². The topological polar surface area (TPSA) is 76.6 Å². The number of nitrogens with zero attached hydrogens (tertiary/aromatic N) is 5. The highest BCUT2D eigenvalue weighted by atomic mass is 16.5. The Bertz CT molecular complexity index is 1100. The van der Waals surface area contributed by atoms with E-state index in [-0.39, 0.29) is 5.69 Å². The molecule has 0 fully saturated rings. The Hall–Kier alpha value is -3.72. The minimum Gasteiger partial charge on any atom is -0.496 e. The van der Waals surface area contributed by atoms with Crippen molar-refractivity contribution in [1.82, 2.24) is 20.0 Å². The van der Waals surface area contributed by atoms with Gasteiger partial charge in [-0.2, -0.15) is 10.4 Å². The molecule has 0 amide bonds. The maximum absolute atomic E-state index is 9.55. The molecule has 0 unspecified atom stereocenters. The maximum atomic E-state index is 9.55. The first kappa shape index (κ1) is 14.8. The van der Waals surface area contributed by atoms with Gasteiger partial charge in [0.15, 0.2) is 5.69 Å². The van der Waals surface area contributed by atoms with Crippen LogP contribution in [0, 0.1) is 11.3 Å². The third-order valence-corrected chi connectivity index (χ3v) is 4.00. The zero-order valence-electron chi connectivity index (χ0n) is 13.4. The average Bonchev–Trinajstić information content (AvgIpc) is 3.21. The summed E-state index contributed by atoms with van der Waals surface area (Å²) >= 11 is 0. The van der Waals surface area contributed by atoms with E-state index < -0.39 is 0 Å². The SMILES string of the molecule is COc1ccc(-n2cccn2)cc1-c1c(C#N)nnc2ccccc12. The third-order valence-electron chi connectivity index (χ3n) is 4.00. The summed E-state index contributed by atoms with van der Waals surface area (Å²) in [4.78, 5) is 0. The zero-order chi connectivity index (χ0) is 17.2. The van der Waals surface area contributed by atoms with Crippen molar-refractivity contribution in [3.63, 3.8) is 0 Å². The molecule has 2 heterocycles. The smallest absolute Gasteiger partial charge is 0.171 e. The summed E-state index contributed by atoms with van der Waals surface area (Å²) in [5.41, 5.74) is 3.33. The van der Waals surface area contributed by atoms with Crippen molar-refractivity contribution in [3.8, 4) is 28.6 Å². The summed E-state index contributed by atoms with van der Waals surface area (Å²) < 4.78 is 7.29. The number of methoxy groups -OCH3 is 1. The lowest BCUT2D eigenvalue weighted by molar-refractivity contribution is 0.416. The van der Waals surface area contributed by atoms with Crippen molar-refractivity contribution in [2.24, 2.45) is 0 Å². The molecule has 4 rings (SSSR count). The first-order chi connectivity index (χ1) is 12.3. The van der Waals surface area contributed by atoms with E-state index in [1.54, 1.807) is 18.0 Å². The van der Waals surface area contributed by atoms with Crippen LogP contribution in [0.25, 0.3) is 27.7 Å². The molecule has 6 nitrogen and oxygen atoms in total. The maximum Gasteiger partial charge on any atom is 0.171 e. The molecule has 0 aliphatic heterocycles. The van der Waals surface area contributed by atoms with Crippen LogP contribution in [0.4, 0.5) is 0 Å². The normalized spacial score (nSPS) is 10.6. The van der Waals surface area contributed by atoms with Crippen LogP contribution in [0.2, 0.25) is 0 Å². The Kier molecular flexibility index (Phi) is 3.60. The second kappa shape index (κ2) is 6.06. The lowest BCUT2D eigenvalue weighted by Gasteiger charge is -2.13. The highest BCUT2D eigenvalue weighted by molar-refractivity contribution is 5.98. The van der Waals surface area contributed by atoms with E-state index in [1.807, 2.05) is 54.7 Å². The van der Waals surface area contributed by atoms with Crippen LogP contribution in [-0.2, 0) is 0 Å². The van der Waals surface area contributed by atoms with E-state index in [0.717, 1.165) is 22.2 Å². The van der Waals surface area contributed by atoms with E-state index in [2.05, 4.69) is 21.4 Å². The number of hydrogen-bond acceptors (Lipinski definition) is 5. The van der Waals surface area contributed by atoms with Crippen molar-refractivity contribution in [2.75, 3.05) is 7.11 Å². The van der Waals surface area contributed by atoms with Crippen LogP contribution in [0.3, 0.4) is 0 Å². The Morgan fingerprint density at radius 2 is 1.96 bits per heavy atom. The second-order valence-electron chi connectivity index (χ2n) is 5.39. The average molecular weight is 327 g/mol. The minimum atomic E-state index is 0.259. The largest absolute Gasteiger partial charge is 0.496 e. The van der Waals surface area contributed by atoms with Gasteiger partial charge in [-0.05, 0) is 30.3 Å². The zero-order valence-corrected chi connectivity index (χ0v) is 13.4. The summed E-state index contributed by atoms with van der Waals surface area (Å²) in [5, 5.41) is 22.9. The Morgan fingerprint density at radius 1 is 1.08 bits per heavy atom. The lowest BCUT2D eigenvalue weighted by Crippen LogP contribution is -2.00. The van der Waals surface area contributed by atoms with Crippen LogP contribution < -0.4 is 4.74 Å². The van der Waals surface area contributed by atoms with Gasteiger partial charge in [-0.3, -0.25) is 0 Å². The molecule has 0 saturated carbocycles. The van der Waals surface area contributed by atoms with Crippen molar-refractivity contribution < 1.29 is 4.74 Å². The van der Waals surface area contributed by atoms with Crippen molar-refractivity contribution in [2.45, 2.75) is 0 Å². The van der Waals surface area contributed by atoms with E-state index in [0.29, 0.717) is 11.3 Å². The van der Waals surface area contributed by atoms with Gasteiger partial charge in [0.05, 0.1) is 18.3 Å². The van der Waals surface area contributed by atoms with Gasteiger partial charge in [-0.25, -0.2) is 4.68 Å². The molecule has 2 aromatic carbocycles. The predicted molar refractivity (Wildman–Crippen MR) is 93.4 cm³/mol. The first-order valence-electron chi connectivity index (χ1n) is 7.66. The van der Waals surface area contributed by atoms with E-state index >= 15 is 0 Å². The van der Waals surface area contributed by atoms with Gasteiger partial charge in [0.25, 0.3) is 0 Å². The molecule has 25 heavy (non-hydrogen) atoms. The van der Waals surface area contributed by atoms with Crippen molar-refractivity contribution >= 4 is 10.9 Å². The van der Waals surface area contributed by atoms with Gasteiger partial charge >= 0.3 is 0 Å². The molecule has 4 aromatic rings. The summed E-state index contributed by atoms with van der Waals surface area (Å²) in [6.07, 6.45) is 3.58. The Morgan fingerprint density at radius 3 is 2.72 bits per heavy atom. The van der Waals surface area contributed by atoms with Crippen LogP contribution in [0.5, 0.6) is 5.75 Å². The first-order valence-corrected chi connectivity index (χ1v) is 7.66. The van der Waals surface area contributed by atoms with Gasteiger partial charge in [-0.1, -0.05) is 18.2 Å². The lowest BCUT2D eigenvalue weighted by atomic mass is 9.98. The standard InChI is InChI=1S/C19H13N5O/c1-25-18-8-7-13(24-10-4-9-21-24)11-15(18)19-14-5-2-3-6-16(14)22-23-17(19)12-20/h2-11H,1H3. The number of nitriles is 1. The fourth-order valence-electron chi connectivity index (χ4n) is 2.86. The number of benzene rings is 2.